The smallest absolute Gasteiger partial charge is 0.245 e. The van der Waals surface area contributed by atoms with Crippen LogP contribution in [0, 0.1) is 24.6 Å². The largest absolute Gasteiger partial charge is 0.353 e. The van der Waals surface area contributed by atoms with Crippen LogP contribution < -0.4 is 5.32 Å². The molecule has 1 amide bonds. The highest BCUT2D eigenvalue weighted by Gasteiger charge is 2.33. The van der Waals surface area contributed by atoms with Crippen LogP contribution in [0.15, 0.2) is 23.1 Å². The number of sulfonamides is 1. The molecular weight excluding hydrogens is 343 g/mol. The molecule has 5 nitrogen and oxygen atoms in total. The maximum absolute atomic E-state index is 14.0. The number of halogens is 1. The van der Waals surface area contributed by atoms with Gasteiger partial charge in [0.2, 0.25) is 15.9 Å². The molecule has 1 aliphatic heterocycles. The van der Waals surface area contributed by atoms with Crippen molar-refractivity contribution in [3.05, 3.63) is 29.6 Å². The van der Waals surface area contributed by atoms with Crippen LogP contribution in [-0.4, -0.2) is 37.8 Å². The molecule has 0 aliphatic carbocycles. The number of aryl methyl sites for hydroxylation is 1. The number of carbonyl (C=O) groups is 1. The van der Waals surface area contributed by atoms with Gasteiger partial charge in [-0.15, -0.1) is 0 Å². The molecule has 1 aromatic carbocycles. The number of nitrogens with one attached hydrogen (secondary N) is 1. The summed E-state index contributed by atoms with van der Waals surface area (Å²) in [6.07, 6.45) is 0.895. The lowest BCUT2D eigenvalue weighted by Gasteiger charge is -2.31. The van der Waals surface area contributed by atoms with Gasteiger partial charge in [-0.2, -0.15) is 4.31 Å². The standard InChI is InChI=1S/C18H27FN2O3S/c1-12(2)14(4)20-18(22)15-7-9-21(10-8-15)25(23,24)17-11-13(3)5-6-16(17)19/h5-6,11-12,14-15H,7-10H2,1-4H3,(H,20,22). The van der Waals surface area contributed by atoms with Crippen LogP contribution >= 0.6 is 0 Å². The first-order valence-electron chi connectivity index (χ1n) is 8.69. The summed E-state index contributed by atoms with van der Waals surface area (Å²) in [6.45, 7) is 8.22. The predicted octanol–water partition coefficient (Wildman–Crippen LogP) is 2.70. The Morgan fingerprint density at radius 2 is 1.84 bits per heavy atom. The third-order valence-corrected chi connectivity index (χ3v) is 6.81. The van der Waals surface area contributed by atoms with Crippen molar-refractivity contribution in [1.29, 1.82) is 0 Å². The monoisotopic (exact) mass is 370 g/mol. The second-order valence-corrected chi connectivity index (χ2v) is 9.06. The number of piperidine rings is 1. The van der Waals surface area contributed by atoms with E-state index in [1.165, 1.54) is 16.4 Å². The molecule has 1 atom stereocenters. The molecule has 0 radical (unpaired) electrons. The lowest BCUT2D eigenvalue weighted by molar-refractivity contribution is -0.127. The fraction of sp³-hybridized carbons (Fsp3) is 0.611. The van der Waals surface area contributed by atoms with Crippen molar-refractivity contribution in [3.63, 3.8) is 0 Å². The third kappa shape index (κ3) is 4.58. The molecule has 25 heavy (non-hydrogen) atoms. The molecule has 0 spiro atoms. The van der Waals surface area contributed by atoms with E-state index in [0.717, 1.165) is 0 Å². The second kappa shape index (κ2) is 7.83. The number of rotatable bonds is 5. The molecule has 140 valence electrons. The van der Waals surface area contributed by atoms with Crippen molar-refractivity contribution in [2.24, 2.45) is 11.8 Å². The van der Waals surface area contributed by atoms with Crippen LogP contribution in [0.4, 0.5) is 4.39 Å². The van der Waals surface area contributed by atoms with Crippen LogP contribution in [0.25, 0.3) is 0 Å². The van der Waals surface area contributed by atoms with Crippen LogP contribution in [-0.2, 0) is 14.8 Å². The Labute approximate surface area is 149 Å². The van der Waals surface area contributed by atoms with Gasteiger partial charge in [0.15, 0.2) is 0 Å². The Hall–Kier alpha value is -1.47. The quantitative estimate of drug-likeness (QED) is 0.867. The summed E-state index contributed by atoms with van der Waals surface area (Å²) in [7, 11) is -3.87. The van der Waals surface area contributed by atoms with E-state index < -0.39 is 15.8 Å². The maximum atomic E-state index is 14.0. The van der Waals surface area contributed by atoms with Gasteiger partial charge in [-0.3, -0.25) is 4.79 Å². The van der Waals surface area contributed by atoms with E-state index in [9.17, 15) is 17.6 Å². The summed E-state index contributed by atoms with van der Waals surface area (Å²) in [6, 6.07) is 4.15. The molecule has 0 bridgehead atoms. The third-order valence-electron chi connectivity index (χ3n) is 4.90. The van der Waals surface area contributed by atoms with Crippen molar-refractivity contribution in [3.8, 4) is 0 Å². The van der Waals surface area contributed by atoms with E-state index in [0.29, 0.717) is 24.3 Å². The van der Waals surface area contributed by atoms with Crippen LogP contribution in [0.2, 0.25) is 0 Å². The molecule has 1 fully saturated rings. The Morgan fingerprint density at radius 1 is 1.24 bits per heavy atom. The summed E-state index contributed by atoms with van der Waals surface area (Å²) in [4.78, 5) is 12.0. The average Bonchev–Trinajstić information content (AvgIpc) is 2.56. The molecule has 1 heterocycles. The lowest BCUT2D eigenvalue weighted by Crippen LogP contribution is -2.45. The summed E-state index contributed by atoms with van der Waals surface area (Å²) in [5.41, 5.74) is 0.692. The Bertz CT molecular complexity index is 726. The van der Waals surface area contributed by atoms with Gasteiger partial charge in [0, 0.05) is 25.0 Å². The Kier molecular flexibility index (Phi) is 6.21. The second-order valence-electron chi connectivity index (χ2n) is 7.15. The van der Waals surface area contributed by atoms with Gasteiger partial charge in [-0.1, -0.05) is 19.9 Å². The van der Waals surface area contributed by atoms with Gasteiger partial charge < -0.3 is 5.32 Å². The molecule has 1 saturated heterocycles. The van der Waals surface area contributed by atoms with Gasteiger partial charge >= 0.3 is 0 Å². The van der Waals surface area contributed by atoms with Crippen LogP contribution in [0.5, 0.6) is 0 Å². The van der Waals surface area contributed by atoms with Gasteiger partial charge in [0.1, 0.15) is 10.7 Å². The highest BCUT2D eigenvalue weighted by molar-refractivity contribution is 7.89. The zero-order valence-corrected chi connectivity index (χ0v) is 16.1. The van der Waals surface area contributed by atoms with E-state index in [4.69, 9.17) is 0 Å². The normalized spacial score (nSPS) is 18.3. The van der Waals surface area contributed by atoms with E-state index in [1.807, 2.05) is 20.8 Å². The Morgan fingerprint density at radius 3 is 2.40 bits per heavy atom. The molecule has 1 unspecified atom stereocenters. The number of benzene rings is 1. The van der Waals surface area contributed by atoms with Crippen LogP contribution in [0.1, 0.15) is 39.2 Å². The molecule has 7 heteroatoms. The first-order valence-corrected chi connectivity index (χ1v) is 10.1. The average molecular weight is 370 g/mol. The molecule has 2 rings (SSSR count). The summed E-state index contributed by atoms with van der Waals surface area (Å²) >= 11 is 0. The van der Waals surface area contributed by atoms with Gasteiger partial charge in [0.05, 0.1) is 0 Å². The molecule has 0 saturated carbocycles. The first-order chi connectivity index (χ1) is 11.6. The first kappa shape index (κ1) is 19.8. The number of hydrogen-bond donors (Lipinski definition) is 1. The fourth-order valence-corrected chi connectivity index (χ4v) is 4.43. The summed E-state index contributed by atoms with van der Waals surface area (Å²) in [5, 5.41) is 2.98. The number of amides is 1. The summed E-state index contributed by atoms with van der Waals surface area (Å²) < 4.78 is 40.6. The number of nitrogens with zero attached hydrogens (tertiary/aromatic N) is 1. The highest BCUT2D eigenvalue weighted by atomic mass is 32.2. The molecule has 1 N–H and O–H groups in total. The maximum Gasteiger partial charge on any atom is 0.245 e. The minimum absolute atomic E-state index is 0.0278. The van der Waals surface area contributed by atoms with Crippen molar-refractivity contribution in [2.75, 3.05) is 13.1 Å². The molecule has 0 aromatic heterocycles. The van der Waals surface area contributed by atoms with Crippen molar-refractivity contribution >= 4 is 15.9 Å². The van der Waals surface area contributed by atoms with Crippen molar-refractivity contribution in [1.82, 2.24) is 9.62 Å². The zero-order chi connectivity index (χ0) is 18.8. The van der Waals surface area contributed by atoms with E-state index in [2.05, 4.69) is 5.32 Å². The fourth-order valence-electron chi connectivity index (χ4n) is 2.81. The predicted molar refractivity (Wildman–Crippen MR) is 95.1 cm³/mol. The lowest BCUT2D eigenvalue weighted by atomic mass is 9.96. The number of carbonyl (C=O) groups excluding carboxylic acids is 1. The van der Waals surface area contributed by atoms with E-state index >= 15 is 0 Å². The topological polar surface area (TPSA) is 66.5 Å². The highest BCUT2D eigenvalue weighted by Crippen LogP contribution is 2.26. The Balaban J connectivity index is 2.04. The van der Waals surface area contributed by atoms with E-state index in [-0.39, 0.29) is 35.9 Å². The van der Waals surface area contributed by atoms with Crippen molar-refractivity contribution < 1.29 is 17.6 Å². The SMILES string of the molecule is Cc1ccc(F)c(S(=O)(=O)N2CCC(C(=O)NC(C)C(C)C)CC2)c1. The minimum atomic E-state index is -3.87. The van der Waals surface area contributed by atoms with Gasteiger partial charge in [-0.25, -0.2) is 12.8 Å². The number of hydrogen-bond acceptors (Lipinski definition) is 3. The molecule has 1 aliphatic rings. The summed E-state index contributed by atoms with van der Waals surface area (Å²) in [5.74, 6) is -0.625. The van der Waals surface area contributed by atoms with Gasteiger partial charge in [0.25, 0.3) is 0 Å². The molecule has 1 aromatic rings. The zero-order valence-electron chi connectivity index (χ0n) is 15.3. The van der Waals surface area contributed by atoms with Crippen molar-refractivity contribution in [2.45, 2.75) is 51.5 Å². The van der Waals surface area contributed by atoms with Gasteiger partial charge in [-0.05, 0) is 50.3 Å². The minimum Gasteiger partial charge on any atom is -0.353 e. The van der Waals surface area contributed by atoms with E-state index in [1.54, 1.807) is 13.0 Å². The molecular formula is C18H27FN2O3S. The van der Waals surface area contributed by atoms with Crippen LogP contribution in [0.3, 0.4) is 0 Å².